The van der Waals surface area contributed by atoms with E-state index in [4.69, 9.17) is 4.74 Å². The fraction of sp³-hybridized carbons (Fsp3) is 0.875. The van der Waals surface area contributed by atoms with Crippen LogP contribution in [0, 0.1) is 5.92 Å². The minimum atomic E-state index is -0.0588. The highest BCUT2D eigenvalue weighted by Crippen LogP contribution is 2.10. The second kappa shape index (κ2) is 19.9. The molecule has 0 fully saturated rings. The Morgan fingerprint density at radius 1 is 0.815 bits per heavy atom. The topological polar surface area (TPSA) is 29.5 Å². The van der Waals surface area contributed by atoms with Crippen molar-refractivity contribution >= 4 is 5.97 Å². The van der Waals surface area contributed by atoms with E-state index >= 15 is 0 Å². The van der Waals surface area contributed by atoms with Gasteiger partial charge in [0.25, 0.3) is 0 Å². The van der Waals surface area contributed by atoms with Crippen molar-refractivity contribution in [1.82, 2.24) is 4.90 Å². The highest BCUT2D eigenvalue weighted by molar-refractivity contribution is 5.72. The Hall–Kier alpha value is -0.830. The molecule has 0 aliphatic carbocycles. The second-order valence-corrected chi connectivity index (χ2v) is 8.27. The number of hydrogen-bond acceptors (Lipinski definition) is 3. The maximum Gasteiger partial charge on any atom is 0.309 e. The Morgan fingerprint density at radius 3 is 1.81 bits per heavy atom. The number of esters is 1. The predicted molar refractivity (Wildman–Crippen MR) is 118 cm³/mol. The van der Waals surface area contributed by atoms with E-state index in [1.807, 2.05) is 25.9 Å². The lowest BCUT2D eigenvalue weighted by atomic mass is 10.1. The molecule has 0 bridgehead atoms. The minimum Gasteiger partial charge on any atom is -0.465 e. The summed E-state index contributed by atoms with van der Waals surface area (Å²) in [4.78, 5) is 13.8. The number of nitrogens with zero attached hydrogens (tertiary/aromatic N) is 1. The van der Waals surface area contributed by atoms with Gasteiger partial charge in [-0.2, -0.15) is 0 Å². The largest absolute Gasteiger partial charge is 0.465 e. The molecular formula is C24H47NO2. The molecule has 0 aliphatic rings. The summed E-state index contributed by atoms with van der Waals surface area (Å²) in [5.74, 6) is -0.0921. The van der Waals surface area contributed by atoms with Crippen molar-refractivity contribution in [3.8, 4) is 0 Å². The van der Waals surface area contributed by atoms with Gasteiger partial charge in [0.15, 0.2) is 0 Å². The quantitative estimate of drug-likeness (QED) is 0.140. The number of carbonyl (C=O) groups is 1. The van der Waals surface area contributed by atoms with E-state index < -0.39 is 0 Å². The van der Waals surface area contributed by atoms with Crippen LogP contribution in [-0.4, -0.2) is 38.1 Å². The van der Waals surface area contributed by atoms with Crippen molar-refractivity contribution in [1.29, 1.82) is 0 Å². The van der Waals surface area contributed by atoms with E-state index in [2.05, 4.69) is 19.1 Å². The van der Waals surface area contributed by atoms with Gasteiger partial charge in [0.05, 0.1) is 12.5 Å². The molecule has 27 heavy (non-hydrogen) atoms. The number of hydrogen-bond donors (Lipinski definition) is 0. The van der Waals surface area contributed by atoms with E-state index in [1.54, 1.807) is 0 Å². The zero-order valence-corrected chi connectivity index (χ0v) is 18.8. The summed E-state index contributed by atoms with van der Waals surface area (Å²) in [6.07, 6.45) is 22.9. The first-order valence-corrected chi connectivity index (χ1v) is 11.5. The van der Waals surface area contributed by atoms with Crippen molar-refractivity contribution in [2.45, 2.75) is 104 Å². The zero-order chi connectivity index (χ0) is 20.2. The molecule has 160 valence electrons. The average molecular weight is 382 g/mol. The first-order chi connectivity index (χ1) is 13.1. The van der Waals surface area contributed by atoms with E-state index in [-0.39, 0.29) is 11.9 Å². The van der Waals surface area contributed by atoms with Crippen LogP contribution in [0.2, 0.25) is 0 Å². The smallest absolute Gasteiger partial charge is 0.309 e. The van der Waals surface area contributed by atoms with Gasteiger partial charge < -0.3 is 9.64 Å². The summed E-state index contributed by atoms with van der Waals surface area (Å²) in [7, 11) is 3.96. The molecule has 0 aromatic carbocycles. The SMILES string of the molecule is CCCCCCCC/C=C\CCCCCCCCOC(=O)C(C)CN(C)C. The normalized spacial score (nSPS) is 12.8. The summed E-state index contributed by atoms with van der Waals surface area (Å²) in [6, 6.07) is 0. The Bertz CT molecular complexity index is 352. The van der Waals surface area contributed by atoms with Crippen LogP contribution in [0.15, 0.2) is 12.2 Å². The molecule has 0 amide bonds. The van der Waals surface area contributed by atoms with Gasteiger partial charge in [0, 0.05) is 6.54 Å². The Kier molecular flexibility index (Phi) is 19.3. The third kappa shape index (κ3) is 19.7. The zero-order valence-electron chi connectivity index (χ0n) is 18.8. The van der Waals surface area contributed by atoms with Crippen LogP contribution in [0.1, 0.15) is 104 Å². The van der Waals surface area contributed by atoms with Crippen LogP contribution in [-0.2, 0) is 9.53 Å². The molecule has 3 nitrogen and oxygen atoms in total. The van der Waals surface area contributed by atoms with Crippen LogP contribution >= 0.6 is 0 Å². The van der Waals surface area contributed by atoms with Crippen molar-refractivity contribution in [3.63, 3.8) is 0 Å². The van der Waals surface area contributed by atoms with Gasteiger partial charge in [0.1, 0.15) is 0 Å². The molecule has 0 aromatic rings. The molecule has 0 radical (unpaired) electrons. The molecule has 3 heteroatoms. The lowest BCUT2D eigenvalue weighted by Crippen LogP contribution is -2.27. The van der Waals surface area contributed by atoms with Gasteiger partial charge in [-0.25, -0.2) is 0 Å². The standard InChI is InChI=1S/C24H47NO2/c1-5-6-7-8-9-10-11-12-13-14-15-16-17-18-19-20-21-27-24(26)23(2)22-25(3)4/h12-13,23H,5-11,14-22H2,1-4H3/b13-12-. The lowest BCUT2D eigenvalue weighted by molar-refractivity contribution is -0.148. The number of unbranched alkanes of at least 4 members (excludes halogenated alkanes) is 12. The highest BCUT2D eigenvalue weighted by Gasteiger charge is 2.14. The van der Waals surface area contributed by atoms with Gasteiger partial charge >= 0.3 is 5.97 Å². The van der Waals surface area contributed by atoms with E-state index in [9.17, 15) is 4.79 Å². The van der Waals surface area contributed by atoms with Crippen LogP contribution < -0.4 is 0 Å². The summed E-state index contributed by atoms with van der Waals surface area (Å²) < 4.78 is 5.35. The van der Waals surface area contributed by atoms with Crippen LogP contribution in [0.5, 0.6) is 0 Å². The molecule has 0 spiro atoms. The van der Waals surface area contributed by atoms with Gasteiger partial charge in [-0.05, 0) is 46.2 Å². The van der Waals surface area contributed by atoms with Crippen LogP contribution in [0.3, 0.4) is 0 Å². The Morgan fingerprint density at radius 2 is 1.30 bits per heavy atom. The Balaban J connectivity index is 3.27. The van der Waals surface area contributed by atoms with E-state index in [1.165, 1.54) is 83.5 Å². The molecule has 1 unspecified atom stereocenters. The Labute approximate surface area is 169 Å². The maximum absolute atomic E-state index is 11.8. The monoisotopic (exact) mass is 381 g/mol. The molecule has 0 rings (SSSR count). The van der Waals surface area contributed by atoms with Crippen molar-refractivity contribution in [3.05, 3.63) is 12.2 Å². The summed E-state index contributed by atoms with van der Waals surface area (Å²) in [5, 5.41) is 0. The van der Waals surface area contributed by atoms with E-state index in [0.29, 0.717) is 6.61 Å². The number of carbonyl (C=O) groups excluding carboxylic acids is 1. The number of ether oxygens (including phenoxy) is 1. The van der Waals surface area contributed by atoms with Gasteiger partial charge in [-0.15, -0.1) is 0 Å². The predicted octanol–water partition coefficient (Wildman–Crippen LogP) is 6.76. The van der Waals surface area contributed by atoms with Crippen molar-refractivity contribution < 1.29 is 9.53 Å². The molecule has 0 heterocycles. The molecular weight excluding hydrogens is 334 g/mol. The lowest BCUT2D eigenvalue weighted by Gasteiger charge is -2.15. The fourth-order valence-corrected chi connectivity index (χ4v) is 3.29. The second-order valence-electron chi connectivity index (χ2n) is 8.27. The third-order valence-electron chi connectivity index (χ3n) is 4.94. The fourth-order valence-electron chi connectivity index (χ4n) is 3.29. The van der Waals surface area contributed by atoms with Gasteiger partial charge in [-0.1, -0.05) is 83.8 Å². The molecule has 1 atom stereocenters. The van der Waals surface area contributed by atoms with Crippen LogP contribution in [0.4, 0.5) is 0 Å². The van der Waals surface area contributed by atoms with Crippen molar-refractivity contribution in [2.24, 2.45) is 5.92 Å². The number of rotatable bonds is 19. The third-order valence-corrected chi connectivity index (χ3v) is 4.94. The summed E-state index contributed by atoms with van der Waals surface area (Å²) >= 11 is 0. The molecule has 0 saturated heterocycles. The minimum absolute atomic E-state index is 0.0332. The molecule has 0 aliphatic heterocycles. The number of allylic oxidation sites excluding steroid dienone is 2. The van der Waals surface area contributed by atoms with Gasteiger partial charge in [-0.3, -0.25) is 4.79 Å². The highest BCUT2D eigenvalue weighted by atomic mass is 16.5. The van der Waals surface area contributed by atoms with E-state index in [0.717, 1.165) is 13.0 Å². The first-order valence-electron chi connectivity index (χ1n) is 11.5. The summed E-state index contributed by atoms with van der Waals surface area (Å²) in [5.41, 5.74) is 0. The van der Waals surface area contributed by atoms with Crippen LogP contribution in [0.25, 0.3) is 0 Å². The molecule has 0 aromatic heterocycles. The van der Waals surface area contributed by atoms with Gasteiger partial charge in [0.2, 0.25) is 0 Å². The molecule has 0 N–H and O–H groups in total. The summed E-state index contributed by atoms with van der Waals surface area (Å²) in [6.45, 7) is 5.54. The first kappa shape index (κ1) is 26.2. The van der Waals surface area contributed by atoms with Crippen molar-refractivity contribution in [2.75, 3.05) is 27.2 Å². The molecule has 0 saturated carbocycles. The maximum atomic E-state index is 11.8. The average Bonchev–Trinajstić information content (AvgIpc) is 2.63.